The van der Waals surface area contributed by atoms with Gasteiger partial charge in [0.15, 0.2) is 5.96 Å². The van der Waals surface area contributed by atoms with E-state index in [1.165, 1.54) is 5.56 Å². The van der Waals surface area contributed by atoms with Crippen molar-refractivity contribution in [2.75, 3.05) is 5.32 Å². The molecule has 0 atom stereocenters. The lowest BCUT2D eigenvalue weighted by atomic mass is 10.1. The fraction of sp³-hybridized carbons (Fsp3) is 0.125. The van der Waals surface area contributed by atoms with E-state index in [4.69, 9.17) is 5.73 Å². The monoisotopic (exact) mass is 227 g/mol. The number of guanidine groups is 1. The van der Waals surface area contributed by atoms with Crippen LogP contribution in [0.15, 0.2) is 29.3 Å². The number of fused-ring (bicyclic) bond motifs is 1. The minimum Gasteiger partial charge on any atom is -0.370 e. The Bertz CT molecular complexity index is 309. The van der Waals surface area contributed by atoms with Crippen LogP contribution < -0.4 is 11.1 Å². The van der Waals surface area contributed by atoms with E-state index >= 15 is 0 Å². The topological polar surface area (TPSA) is 50.4 Å². The third-order valence-corrected chi connectivity index (χ3v) is 1.70. The Labute approximate surface area is 81.5 Å². The largest absolute Gasteiger partial charge is 0.370 e. The number of nitrogens with one attached hydrogen (secondary N) is 1. The molecule has 64 valence electrons. The van der Waals surface area contributed by atoms with Gasteiger partial charge in [0.05, 0.1) is 6.54 Å². The minimum atomic E-state index is 0. The highest BCUT2D eigenvalue weighted by Crippen LogP contribution is 2.18. The van der Waals surface area contributed by atoms with Crippen LogP contribution in [0.3, 0.4) is 0 Å². The Hall–Kier alpha value is -1.03. The molecule has 0 fully saturated rings. The van der Waals surface area contributed by atoms with Crippen LogP contribution in [0.1, 0.15) is 5.56 Å². The highest BCUT2D eigenvalue weighted by Gasteiger charge is 2.06. The number of hydrogen-bond donors (Lipinski definition) is 2. The molecule has 0 aliphatic carbocycles. The molecule has 0 saturated carbocycles. The predicted molar refractivity (Wildman–Crippen MR) is 55.7 cm³/mol. The van der Waals surface area contributed by atoms with Crippen molar-refractivity contribution in [1.82, 2.24) is 0 Å². The van der Waals surface area contributed by atoms with Crippen molar-refractivity contribution >= 4 is 28.6 Å². The number of halogens is 1. The van der Waals surface area contributed by atoms with E-state index in [1.807, 2.05) is 24.3 Å². The summed E-state index contributed by atoms with van der Waals surface area (Å²) in [4.78, 5) is 4.05. The van der Waals surface area contributed by atoms with E-state index in [2.05, 4.69) is 10.3 Å². The van der Waals surface area contributed by atoms with Crippen LogP contribution in [0.5, 0.6) is 0 Å². The van der Waals surface area contributed by atoms with Crippen LogP contribution in [0.25, 0.3) is 0 Å². The van der Waals surface area contributed by atoms with Gasteiger partial charge in [-0.25, -0.2) is 4.99 Å². The van der Waals surface area contributed by atoms with Crippen molar-refractivity contribution in [2.45, 2.75) is 6.54 Å². The predicted octanol–water partition coefficient (Wildman–Crippen LogP) is 1.50. The van der Waals surface area contributed by atoms with Crippen LogP contribution in [-0.4, -0.2) is 5.96 Å². The smallest absolute Gasteiger partial charge is 0.193 e. The van der Waals surface area contributed by atoms with Crippen molar-refractivity contribution in [1.29, 1.82) is 0 Å². The Morgan fingerprint density at radius 3 is 2.92 bits per heavy atom. The van der Waals surface area contributed by atoms with E-state index in [9.17, 15) is 0 Å². The van der Waals surface area contributed by atoms with Crippen molar-refractivity contribution in [3.8, 4) is 0 Å². The first-order valence-electron chi connectivity index (χ1n) is 3.51. The van der Waals surface area contributed by atoms with E-state index in [0.717, 1.165) is 5.69 Å². The zero-order chi connectivity index (χ0) is 7.68. The zero-order valence-electron chi connectivity index (χ0n) is 6.45. The second kappa shape index (κ2) is 3.58. The maximum Gasteiger partial charge on any atom is 0.193 e. The van der Waals surface area contributed by atoms with Crippen LogP contribution in [-0.2, 0) is 6.54 Å². The van der Waals surface area contributed by atoms with Crippen molar-refractivity contribution < 1.29 is 0 Å². The SMILES string of the molecule is Br.NC1=NCc2ccccc2N1. The minimum absolute atomic E-state index is 0. The molecule has 1 heterocycles. The van der Waals surface area contributed by atoms with Gasteiger partial charge >= 0.3 is 0 Å². The summed E-state index contributed by atoms with van der Waals surface area (Å²) in [6.45, 7) is 0.689. The van der Waals surface area contributed by atoms with Gasteiger partial charge in [0.2, 0.25) is 0 Å². The lowest BCUT2D eigenvalue weighted by Gasteiger charge is -2.14. The highest BCUT2D eigenvalue weighted by atomic mass is 79.9. The number of nitrogens with two attached hydrogens (primary N) is 1. The average molecular weight is 228 g/mol. The Morgan fingerprint density at radius 2 is 2.08 bits per heavy atom. The molecule has 2 rings (SSSR count). The van der Waals surface area contributed by atoms with Gasteiger partial charge in [0.25, 0.3) is 0 Å². The van der Waals surface area contributed by atoms with Gasteiger partial charge in [-0.2, -0.15) is 0 Å². The lowest BCUT2D eigenvalue weighted by Crippen LogP contribution is -2.25. The molecular formula is C8H10BrN3. The average Bonchev–Trinajstić information content (AvgIpc) is 2.04. The number of anilines is 1. The second-order valence-electron chi connectivity index (χ2n) is 2.48. The fourth-order valence-corrected chi connectivity index (χ4v) is 1.13. The molecule has 3 N–H and O–H groups in total. The second-order valence-corrected chi connectivity index (χ2v) is 2.48. The number of rotatable bonds is 0. The van der Waals surface area contributed by atoms with Gasteiger partial charge in [-0.05, 0) is 11.6 Å². The summed E-state index contributed by atoms with van der Waals surface area (Å²) in [7, 11) is 0. The molecule has 0 unspecified atom stereocenters. The van der Waals surface area contributed by atoms with Crippen LogP contribution >= 0.6 is 17.0 Å². The van der Waals surface area contributed by atoms with Crippen LogP contribution in [0.4, 0.5) is 5.69 Å². The molecule has 0 aromatic heterocycles. The quantitative estimate of drug-likeness (QED) is 0.707. The van der Waals surface area contributed by atoms with Crippen molar-refractivity contribution in [3.05, 3.63) is 29.8 Å². The number of benzene rings is 1. The summed E-state index contributed by atoms with van der Waals surface area (Å²) in [6, 6.07) is 8.01. The zero-order valence-corrected chi connectivity index (χ0v) is 8.16. The van der Waals surface area contributed by atoms with Gasteiger partial charge in [-0.1, -0.05) is 18.2 Å². The summed E-state index contributed by atoms with van der Waals surface area (Å²) in [5, 5.41) is 2.99. The molecule has 4 heteroatoms. The first-order valence-corrected chi connectivity index (χ1v) is 3.51. The van der Waals surface area contributed by atoms with Crippen molar-refractivity contribution in [3.63, 3.8) is 0 Å². The van der Waals surface area contributed by atoms with Gasteiger partial charge in [-0.3, -0.25) is 0 Å². The third kappa shape index (κ3) is 1.58. The van der Waals surface area contributed by atoms with Crippen LogP contribution in [0, 0.1) is 0 Å². The van der Waals surface area contributed by atoms with Gasteiger partial charge in [0.1, 0.15) is 0 Å². The van der Waals surface area contributed by atoms with E-state index in [-0.39, 0.29) is 17.0 Å². The molecule has 0 bridgehead atoms. The summed E-state index contributed by atoms with van der Waals surface area (Å²) >= 11 is 0. The Kier molecular flexibility index (Phi) is 2.70. The van der Waals surface area contributed by atoms with E-state index < -0.39 is 0 Å². The standard InChI is InChI=1S/C8H9N3.BrH/c9-8-10-5-6-3-1-2-4-7(6)11-8;/h1-4H,5H2,(H3,9,10,11);1H. The number of para-hydroxylation sites is 1. The van der Waals surface area contributed by atoms with E-state index in [0.29, 0.717) is 12.5 Å². The maximum absolute atomic E-state index is 5.49. The first-order chi connectivity index (χ1) is 5.36. The van der Waals surface area contributed by atoms with Gasteiger partial charge < -0.3 is 11.1 Å². The van der Waals surface area contributed by atoms with Crippen LogP contribution in [0.2, 0.25) is 0 Å². The summed E-state index contributed by atoms with van der Waals surface area (Å²) in [6.07, 6.45) is 0. The molecule has 0 amide bonds. The highest BCUT2D eigenvalue weighted by molar-refractivity contribution is 8.93. The summed E-state index contributed by atoms with van der Waals surface area (Å²) in [5.74, 6) is 0.503. The third-order valence-electron chi connectivity index (χ3n) is 1.70. The molecule has 1 aliphatic heterocycles. The Morgan fingerprint density at radius 1 is 1.33 bits per heavy atom. The fourth-order valence-electron chi connectivity index (χ4n) is 1.13. The number of hydrogen-bond acceptors (Lipinski definition) is 3. The van der Waals surface area contributed by atoms with Gasteiger partial charge in [0, 0.05) is 5.69 Å². The van der Waals surface area contributed by atoms with Gasteiger partial charge in [-0.15, -0.1) is 17.0 Å². The molecule has 3 nitrogen and oxygen atoms in total. The molecule has 12 heavy (non-hydrogen) atoms. The molecule has 1 aromatic rings. The molecule has 0 saturated heterocycles. The molecule has 1 aromatic carbocycles. The lowest BCUT2D eigenvalue weighted by molar-refractivity contribution is 1.04. The number of nitrogens with zero attached hydrogens (tertiary/aromatic N) is 1. The molecule has 1 aliphatic rings. The Balaban J connectivity index is 0.000000720. The normalized spacial score (nSPS) is 13.5. The maximum atomic E-state index is 5.49. The molecule has 0 radical (unpaired) electrons. The summed E-state index contributed by atoms with van der Waals surface area (Å²) in [5.41, 5.74) is 7.75. The molecular weight excluding hydrogens is 218 g/mol. The summed E-state index contributed by atoms with van der Waals surface area (Å²) < 4.78 is 0. The molecule has 0 spiro atoms. The van der Waals surface area contributed by atoms with Crippen molar-refractivity contribution in [2.24, 2.45) is 10.7 Å². The number of aliphatic imine (C=N–C) groups is 1. The first kappa shape index (κ1) is 9.06. The van der Waals surface area contributed by atoms with E-state index in [1.54, 1.807) is 0 Å².